The van der Waals surface area contributed by atoms with Crippen LogP contribution in [-0.4, -0.2) is 30.7 Å². The minimum atomic E-state index is -0.578. The van der Waals surface area contributed by atoms with E-state index in [-0.39, 0.29) is 0 Å². The van der Waals surface area contributed by atoms with Crippen molar-refractivity contribution in [1.29, 1.82) is 0 Å². The molecule has 0 fully saturated rings. The summed E-state index contributed by atoms with van der Waals surface area (Å²) in [6, 6.07) is 15.0. The summed E-state index contributed by atoms with van der Waals surface area (Å²) in [6.45, 7) is 3.16. The molecule has 1 amide bonds. The largest absolute Gasteiger partial charge is 0.345 e. The van der Waals surface area contributed by atoms with Gasteiger partial charge in [0.2, 0.25) is 5.78 Å². The molecule has 0 aliphatic carbocycles. The van der Waals surface area contributed by atoms with Crippen LogP contribution in [-0.2, 0) is 17.9 Å². The van der Waals surface area contributed by atoms with Crippen LogP contribution in [0.1, 0.15) is 27.0 Å². The number of carbonyl (C=O) groups is 2. The van der Waals surface area contributed by atoms with Gasteiger partial charge in [-0.25, -0.2) is 0 Å². The van der Waals surface area contributed by atoms with Crippen LogP contribution in [0.5, 0.6) is 0 Å². The van der Waals surface area contributed by atoms with Crippen LogP contribution >= 0.6 is 0 Å². The Morgan fingerprint density at radius 1 is 0.913 bits per heavy atom. The second-order valence-corrected chi connectivity index (χ2v) is 5.93. The number of aryl methyl sites for hydroxylation is 1. The molecule has 1 N–H and O–H groups in total. The van der Waals surface area contributed by atoms with Crippen molar-refractivity contribution in [1.82, 2.24) is 10.2 Å². The van der Waals surface area contributed by atoms with E-state index in [1.165, 1.54) is 5.56 Å². The van der Waals surface area contributed by atoms with E-state index in [0.29, 0.717) is 12.1 Å². The number of nitrogens with one attached hydrogen (secondary N) is 1. The molecule has 120 valence electrons. The molecule has 2 aromatic carbocycles. The van der Waals surface area contributed by atoms with Gasteiger partial charge in [0, 0.05) is 18.7 Å². The molecule has 2 rings (SSSR count). The first-order valence-corrected chi connectivity index (χ1v) is 7.57. The number of benzene rings is 2. The first-order chi connectivity index (χ1) is 11.0. The number of hydrogen-bond acceptors (Lipinski definition) is 3. The standard InChI is InChI=1S/C19H22N2O2/c1-14-4-10-17(11-5-14)18(22)19(23)20-12-15-6-8-16(9-7-15)13-21(2)3/h4-11H,12-13H2,1-3H3,(H,20,23). The van der Waals surface area contributed by atoms with E-state index in [1.807, 2.05) is 57.4 Å². The predicted octanol–water partition coefficient (Wildman–Crippen LogP) is 2.56. The molecular formula is C19H22N2O2. The SMILES string of the molecule is Cc1ccc(C(=O)C(=O)NCc2ccc(CN(C)C)cc2)cc1. The van der Waals surface area contributed by atoms with E-state index in [0.717, 1.165) is 17.7 Å². The summed E-state index contributed by atoms with van der Waals surface area (Å²) in [7, 11) is 4.04. The van der Waals surface area contributed by atoms with Crippen LogP contribution in [0.15, 0.2) is 48.5 Å². The van der Waals surface area contributed by atoms with E-state index < -0.39 is 11.7 Å². The summed E-state index contributed by atoms with van der Waals surface area (Å²) >= 11 is 0. The van der Waals surface area contributed by atoms with Gasteiger partial charge < -0.3 is 10.2 Å². The third-order valence-corrected chi connectivity index (χ3v) is 3.49. The summed E-state index contributed by atoms with van der Waals surface area (Å²) in [5.74, 6) is -1.08. The van der Waals surface area contributed by atoms with Gasteiger partial charge in [0.15, 0.2) is 0 Å². The van der Waals surface area contributed by atoms with Crippen molar-refractivity contribution >= 4 is 11.7 Å². The van der Waals surface area contributed by atoms with Crippen LogP contribution in [0, 0.1) is 6.92 Å². The maximum absolute atomic E-state index is 12.0. The Morgan fingerprint density at radius 2 is 1.48 bits per heavy atom. The van der Waals surface area contributed by atoms with Gasteiger partial charge in [-0.2, -0.15) is 0 Å². The molecule has 0 aromatic heterocycles. The summed E-state index contributed by atoms with van der Waals surface area (Å²) in [4.78, 5) is 26.1. The Bertz CT molecular complexity index is 674. The van der Waals surface area contributed by atoms with Gasteiger partial charge in [-0.05, 0) is 32.1 Å². The molecule has 23 heavy (non-hydrogen) atoms. The van der Waals surface area contributed by atoms with Crippen LogP contribution in [0.25, 0.3) is 0 Å². The molecule has 0 unspecified atom stereocenters. The highest BCUT2D eigenvalue weighted by Crippen LogP contribution is 2.07. The predicted molar refractivity (Wildman–Crippen MR) is 91.2 cm³/mol. The van der Waals surface area contributed by atoms with E-state index >= 15 is 0 Å². The van der Waals surface area contributed by atoms with Crippen molar-refractivity contribution < 1.29 is 9.59 Å². The Hall–Kier alpha value is -2.46. The lowest BCUT2D eigenvalue weighted by atomic mass is 10.1. The third-order valence-electron chi connectivity index (χ3n) is 3.49. The lowest BCUT2D eigenvalue weighted by Gasteiger charge is -2.10. The molecule has 4 heteroatoms. The van der Waals surface area contributed by atoms with Gasteiger partial charge in [-0.1, -0.05) is 54.1 Å². The Balaban J connectivity index is 1.91. The molecule has 0 spiro atoms. The maximum atomic E-state index is 12.0. The number of Topliss-reactive ketones (excluding diaryl/α,β-unsaturated/α-hetero) is 1. The highest BCUT2D eigenvalue weighted by atomic mass is 16.2. The van der Waals surface area contributed by atoms with Crippen LogP contribution in [0.2, 0.25) is 0 Å². The zero-order chi connectivity index (χ0) is 16.8. The maximum Gasteiger partial charge on any atom is 0.292 e. The zero-order valence-corrected chi connectivity index (χ0v) is 13.8. The van der Waals surface area contributed by atoms with Gasteiger partial charge in [0.1, 0.15) is 0 Å². The van der Waals surface area contributed by atoms with Crippen LogP contribution in [0.3, 0.4) is 0 Å². The number of hydrogen-bond donors (Lipinski definition) is 1. The minimum Gasteiger partial charge on any atom is -0.345 e. The number of nitrogens with zero attached hydrogens (tertiary/aromatic N) is 1. The monoisotopic (exact) mass is 310 g/mol. The summed E-state index contributed by atoms with van der Waals surface area (Å²) < 4.78 is 0. The van der Waals surface area contributed by atoms with Crippen molar-refractivity contribution in [3.8, 4) is 0 Å². The number of rotatable bonds is 6. The Labute approximate surface area is 137 Å². The highest BCUT2D eigenvalue weighted by Gasteiger charge is 2.15. The van der Waals surface area contributed by atoms with E-state index in [2.05, 4.69) is 10.2 Å². The second kappa shape index (κ2) is 7.70. The van der Waals surface area contributed by atoms with Crippen molar-refractivity contribution in [2.24, 2.45) is 0 Å². The molecule has 0 radical (unpaired) electrons. The fourth-order valence-electron chi connectivity index (χ4n) is 2.23. The van der Waals surface area contributed by atoms with Crippen molar-refractivity contribution in [2.75, 3.05) is 14.1 Å². The van der Waals surface area contributed by atoms with E-state index in [1.54, 1.807) is 12.1 Å². The van der Waals surface area contributed by atoms with Gasteiger partial charge >= 0.3 is 0 Å². The summed E-state index contributed by atoms with van der Waals surface area (Å²) in [5.41, 5.74) is 3.65. The number of ketones is 1. The normalized spacial score (nSPS) is 10.6. The van der Waals surface area contributed by atoms with E-state index in [4.69, 9.17) is 0 Å². The topological polar surface area (TPSA) is 49.4 Å². The fourth-order valence-corrected chi connectivity index (χ4v) is 2.23. The average molecular weight is 310 g/mol. The molecule has 0 aliphatic rings. The summed E-state index contributed by atoms with van der Waals surface area (Å²) in [6.07, 6.45) is 0. The average Bonchev–Trinajstić information content (AvgIpc) is 2.53. The number of amides is 1. The first-order valence-electron chi connectivity index (χ1n) is 7.57. The molecule has 0 saturated heterocycles. The smallest absolute Gasteiger partial charge is 0.292 e. The molecule has 4 nitrogen and oxygen atoms in total. The fraction of sp³-hybridized carbons (Fsp3) is 0.263. The Morgan fingerprint density at radius 3 is 2.04 bits per heavy atom. The molecular weight excluding hydrogens is 288 g/mol. The van der Waals surface area contributed by atoms with Gasteiger partial charge in [-0.15, -0.1) is 0 Å². The summed E-state index contributed by atoms with van der Waals surface area (Å²) in [5, 5.41) is 2.67. The molecule has 0 aliphatic heterocycles. The molecule has 0 saturated carbocycles. The third kappa shape index (κ3) is 5.04. The van der Waals surface area contributed by atoms with Crippen LogP contribution < -0.4 is 5.32 Å². The quantitative estimate of drug-likeness (QED) is 0.659. The van der Waals surface area contributed by atoms with Crippen molar-refractivity contribution in [3.63, 3.8) is 0 Å². The second-order valence-electron chi connectivity index (χ2n) is 5.93. The minimum absolute atomic E-state index is 0.346. The van der Waals surface area contributed by atoms with Gasteiger partial charge in [0.05, 0.1) is 0 Å². The van der Waals surface area contributed by atoms with E-state index in [9.17, 15) is 9.59 Å². The molecule has 2 aromatic rings. The van der Waals surface area contributed by atoms with Gasteiger partial charge in [-0.3, -0.25) is 9.59 Å². The lowest BCUT2D eigenvalue weighted by molar-refractivity contribution is -0.117. The molecule has 0 atom stereocenters. The molecule has 0 bridgehead atoms. The Kier molecular flexibility index (Phi) is 5.66. The van der Waals surface area contributed by atoms with Crippen molar-refractivity contribution in [2.45, 2.75) is 20.0 Å². The molecule has 0 heterocycles. The lowest BCUT2D eigenvalue weighted by Crippen LogP contribution is -2.30. The highest BCUT2D eigenvalue weighted by molar-refractivity contribution is 6.42. The van der Waals surface area contributed by atoms with Gasteiger partial charge in [0.25, 0.3) is 5.91 Å². The number of carbonyl (C=O) groups excluding carboxylic acids is 2. The first kappa shape index (κ1) is 16.9. The van der Waals surface area contributed by atoms with Crippen LogP contribution in [0.4, 0.5) is 0 Å². The zero-order valence-electron chi connectivity index (χ0n) is 13.8. The van der Waals surface area contributed by atoms with Crippen molar-refractivity contribution in [3.05, 3.63) is 70.8 Å².